The highest BCUT2D eigenvalue weighted by molar-refractivity contribution is 7.22. The molecule has 0 aliphatic carbocycles. The molecule has 0 saturated heterocycles. The molecule has 11 heteroatoms. The number of aromatic nitrogens is 6. The molecule has 0 aromatic carbocycles. The highest BCUT2D eigenvalue weighted by atomic mass is 32.1. The maximum Gasteiger partial charge on any atom is 0.267 e. The van der Waals surface area contributed by atoms with E-state index in [0.29, 0.717) is 32.3 Å². The lowest BCUT2D eigenvalue weighted by Gasteiger charge is -2.04. The molecule has 10 nitrogen and oxygen atoms in total. The van der Waals surface area contributed by atoms with E-state index in [1.165, 1.54) is 11.3 Å². The van der Waals surface area contributed by atoms with E-state index in [2.05, 4.69) is 30.2 Å². The number of nitrogens with two attached hydrogens (primary N) is 1. The van der Waals surface area contributed by atoms with Gasteiger partial charge in [0.25, 0.3) is 11.5 Å². The Morgan fingerprint density at radius 1 is 1.37 bits per heavy atom. The van der Waals surface area contributed by atoms with Crippen LogP contribution in [0.5, 0.6) is 0 Å². The van der Waals surface area contributed by atoms with Crippen LogP contribution in [0.2, 0.25) is 0 Å². The number of thiazole rings is 1. The Morgan fingerprint density at radius 2 is 2.22 bits per heavy atom. The van der Waals surface area contributed by atoms with Gasteiger partial charge in [0.05, 0.1) is 17.4 Å². The molecular weight excluding hydrogens is 368 g/mol. The molecule has 0 fully saturated rings. The Bertz CT molecular complexity index is 1420. The second kappa shape index (κ2) is 5.38. The lowest BCUT2D eigenvalue weighted by molar-refractivity contribution is 0.0996. The number of hydrogen-bond acceptors (Lipinski definition) is 7. The summed E-state index contributed by atoms with van der Waals surface area (Å²) in [6, 6.07) is 3.39. The number of pyridine rings is 2. The fraction of sp³-hybridized carbons (Fsp3) is 0.0625. The van der Waals surface area contributed by atoms with Crippen molar-refractivity contribution in [2.24, 2.45) is 12.8 Å². The molecule has 0 atom stereocenters. The van der Waals surface area contributed by atoms with Crippen molar-refractivity contribution < 1.29 is 4.79 Å². The van der Waals surface area contributed by atoms with Crippen molar-refractivity contribution in [1.82, 2.24) is 29.5 Å². The van der Waals surface area contributed by atoms with Gasteiger partial charge < -0.3 is 25.6 Å². The van der Waals surface area contributed by atoms with Gasteiger partial charge in [0.1, 0.15) is 21.6 Å². The Balaban J connectivity index is 1.72. The molecule has 5 rings (SSSR count). The third-order valence-corrected chi connectivity index (χ3v) is 5.23. The first kappa shape index (κ1) is 15.5. The van der Waals surface area contributed by atoms with Crippen LogP contribution in [0.3, 0.4) is 0 Å². The van der Waals surface area contributed by atoms with E-state index < -0.39 is 5.91 Å². The summed E-state index contributed by atoms with van der Waals surface area (Å²) in [5.74, 6) is -0.102. The Labute approximate surface area is 154 Å². The molecule has 5 N–H and O–H groups in total. The van der Waals surface area contributed by atoms with Crippen LogP contribution in [0.4, 0.5) is 10.9 Å². The predicted molar refractivity (Wildman–Crippen MR) is 102 cm³/mol. The lowest BCUT2D eigenvalue weighted by atomic mass is 10.2. The largest absolute Gasteiger partial charge is 0.364 e. The van der Waals surface area contributed by atoms with Crippen molar-refractivity contribution >= 4 is 60.5 Å². The number of anilines is 2. The molecule has 0 bridgehead atoms. The van der Waals surface area contributed by atoms with E-state index in [4.69, 9.17) is 5.73 Å². The van der Waals surface area contributed by atoms with Gasteiger partial charge in [-0.2, -0.15) is 0 Å². The molecule has 5 aromatic heterocycles. The first-order valence-corrected chi connectivity index (χ1v) is 8.71. The van der Waals surface area contributed by atoms with E-state index in [-0.39, 0.29) is 11.3 Å². The van der Waals surface area contributed by atoms with Crippen LogP contribution in [0.25, 0.3) is 32.3 Å². The number of carbonyl (C=O) groups excluding carboxylic acids is 1. The average Bonchev–Trinajstić information content (AvgIpc) is 3.32. The summed E-state index contributed by atoms with van der Waals surface area (Å²) in [6.45, 7) is 0. The number of nitrogens with zero attached hydrogens (tertiary/aromatic N) is 4. The van der Waals surface area contributed by atoms with Crippen molar-refractivity contribution in [2.45, 2.75) is 0 Å². The van der Waals surface area contributed by atoms with Gasteiger partial charge in [0, 0.05) is 18.6 Å². The summed E-state index contributed by atoms with van der Waals surface area (Å²) in [7, 11) is 1.85. The van der Waals surface area contributed by atoms with Crippen LogP contribution in [-0.2, 0) is 7.05 Å². The van der Waals surface area contributed by atoms with Crippen LogP contribution >= 0.6 is 11.3 Å². The maximum absolute atomic E-state index is 11.9. The fourth-order valence-corrected chi connectivity index (χ4v) is 3.90. The van der Waals surface area contributed by atoms with E-state index in [9.17, 15) is 9.59 Å². The molecule has 134 valence electrons. The first-order valence-electron chi connectivity index (χ1n) is 7.90. The standard InChI is InChI=1S/C16H12N8O2S/c1-24-5-19-9-10(24)6-4-8(12(17)25)20-13(6)22-14(9)23-16-21-7-2-3-18-15(26)11(7)27-16/h2-5H,1H3,(H2,17,25)(H,18,26)(H2,20,21,22,23). The number of imidazole rings is 1. The molecule has 1 amide bonds. The molecule has 0 radical (unpaired) electrons. The third-order valence-electron chi connectivity index (χ3n) is 4.24. The normalized spacial score (nSPS) is 11.6. The number of carbonyl (C=O) groups is 1. The van der Waals surface area contributed by atoms with Gasteiger partial charge >= 0.3 is 0 Å². The molecule has 0 spiro atoms. The molecule has 0 aliphatic rings. The highest BCUT2D eigenvalue weighted by Crippen LogP contribution is 2.32. The minimum atomic E-state index is -0.566. The van der Waals surface area contributed by atoms with Crippen LogP contribution in [0, 0.1) is 0 Å². The van der Waals surface area contributed by atoms with Crippen molar-refractivity contribution in [3.63, 3.8) is 0 Å². The zero-order valence-electron chi connectivity index (χ0n) is 13.9. The lowest BCUT2D eigenvalue weighted by Crippen LogP contribution is -2.10. The number of nitrogens with one attached hydrogen (secondary N) is 3. The van der Waals surface area contributed by atoms with Crippen LogP contribution in [-0.4, -0.2) is 35.4 Å². The SMILES string of the molecule is Cn1cnc2c(Nc3nc4cc[nH]c(=O)c4s3)nc3[nH]c(C(N)=O)cc3c21. The smallest absolute Gasteiger partial charge is 0.267 e. The summed E-state index contributed by atoms with van der Waals surface area (Å²) in [6.07, 6.45) is 3.22. The van der Waals surface area contributed by atoms with Crippen molar-refractivity contribution in [3.8, 4) is 0 Å². The van der Waals surface area contributed by atoms with E-state index >= 15 is 0 Å². The molecule has 5 aromatic rings. The third kappa shape index (κ3) is 2.29. The summed E-state index contributed by atoms with van der Waals surface area (Å²) >= 11 is 1.22. The zero-order chi connectivity index (χ0) is 18.7. The van der Waals surface area contributed by atoms with Gasteiger partial charge in [0.2, 0.25) is 0 Å². The zero-order valence-corrected chi connectivity index (χ0v) is 14.7. The maximum atomic E-state index is 11.9. The minimum Gasteiger partial charge on any atom is -0.364 e. The van der Waals surface area contributed by atoms with E-state index in [0.717, 1.165) is 10.9 Å². The Hall–Kier alpha value is -3.73. The molecule has 5 heterocycles. The van der Waals surface area contributed by atoms with Crippen molar-refractivity contribution in [3.05, 3.63) is 40.7 Å². The number of aryl methyl sites for hydroxylation is 1. The second-order valence-corrected chi connectivity index (χ2v) is 6.99. The Morgan fingerprint density at radius 3 is 3.00 bits per heavy atom. The number of hydrogen-bond donors (Lipinski definition) is 4. The average molecular weight is 380 g/mol. The number of rotatable bonds is 3. The number of aromatic amines is 2. The number of H-pyrrole nitrogens is 2. The first-order chi connectivity index (χ1) is 13.0. The van der Waals surface area contributed by atoms with E-state index in [1.54, 1.807) is 24.7 Å². The number of primary amides is 1. The topological polar surface area (TPSA) is 147 Å². The summed E-state index contributed by atoms with van der Waals surface area (Å²) in [5.41, 5.74) is 7.96. The van der Waals surface area contributed by atoms with Gasteiger partial charge in [-0.3, -0.25) is 9.59 Å². The summed E-state index contributed by atoms with van der Waals surface area (Å²) in [4.78, 5) is 42.4. The molecule has 0 saturated carbocycles. The fourth-order valence-electron chi connectivity index (χ4n) is 3.04. The summed E-state index contributed by atoms with van der Waals surface area (Å²) in [5, 5.41) is 4.40. The molecule has 0 aliphatic heterocycles. The minimum absolute atomic E-state index is 0.195. The van der Waals surface area contributed by atoms with Gasteiger partial charge in [0.15, 0.2) is 10.9 Å². The van der Waals surface area contributed by atoms with Crippen molar-refractivity contribution in [2.75, 3.05) is 5.32 Å². The van der Waals surface area contributed by atoms with Gasteiger partial charge in [-0.25, -0.2) is 15.0 Å². The molecule has 27 heavy (non-hydrogen) atoms. The molecular formula is C16H12N8O2S. The number of amides is 1. The van der Waals surface area contributed by atoms with Crippen molar-refractivity contribution in [1.29, 1.82) is 0 Å². The quantitative estimate of drug-likeness (QED) is 0.374. The monoisotopic (exact) mass is 380 g/mol. The van der Waals surface area contributed by atoms with Gasteiger partial charge in [-0.1, -0.05) is 11.3 Å². The predicted octanol–water partition coefficient (Wildman–Crippen LogP) is 1.59. The Kier molecular flexibility index (Phi) is 3.09. The van der Waals surface area contributed by atoms with Gasteiger partial charge in [-0.15, -0.1) is 0 Å². The number of fused-ring (bicyclic) bond motifs is 4. The summed E-state index contributed by atoms with van der Waals surface area (Å²) < 4.78 is 2.36. The van der Waals surface area contributed by atoms with Crippen LogP contribution in [0.15, 0.2) is 29.5 Å². The van der Waals surface area contributed by atoms with E-state index in [1.807, 2.05) is 11.6 Å². The molecule has 0 unspecified atom stereocenters. The highest BCUT2D eigenvalue weighted by Gasteiger charge is 2.18. The van der Waals surface area contributed by atoms with Crippen LogP contribution < -0.4 is 16.6 Å². The second-order valence-electron chi connectivity index (χ2n) is 5.99. The van der Waals surface area contributed by atoms with Gasteiger partial charge in [-0.05, 0) is 12.1 Å². The van der Waals surface area contributed by atoms with Crippen LogP contribution in [0.1, 0.15) is 10.5 Å².